The summed E-state index contributed by atoms with van der Waals surface area (Å²) in [6.07, 6.45) is 0.729. The Morgan fingerprint density at radius 1 is 1.44 bits per heavy atom. The van der Waals surface area contributed by atoms with Gasteiger partial charge >= 0.3 is 0 Å². The maximum absolute atomic E-state index is 9.18. The van der Waals surface area contributed by atoms with Gasteiger partial charge < -0.3 is 9.84 Å². The van der Waals surface area contributed by atoms with Gasteiger partial charge in [0.1, 0.15) is 11.4 Å². The van der Waals surface area contributed by atoms with Crippen molar-refractivity contribution in [2.24, 2.45) is 0 Å². The number of halogens is 1. The maximum atomic E-state index is 9.18. The first kappa shape index (κ1) is 12.9. The molecule has 6 heteroatoms. The van der Waals surface area contributed by atoms with E-state index in [2.05, 4.69) is 10.3 Å². The number of rotatable bonds is 4. The Morgan fingerprint density at radius 2 is 2.22 bits per heavy atom. The number of aliphatic hydroxyl groups is 1. The lowest BCUT2D eigenvalue weighted by Gasteiger charge is -2.08. The van der Waals surface area contributed by atoms with E-state index in [9.17, 15) is 5.11 Å². The van der Waals surface area contributed by atoms with Crippen molar-refractivity contribution >= 4 is 11.6 Å². The van der Waals surface area contributed by atoms with Gasteiger partial charge in [-0.3, -0.25) is 0 Å². The third kappa shape index (κ3) is 2.19. The van der Waals surface area contributed by atoms with Crippen LogP contribution in [0.2, 0.25) is 5.02 Å². The number of aromatic nitrogens is 3. The molecule has 1 aromatic heterocycles. The lowest BCUT2D eigenvalue weighted by molar-refractivity contribution is 0.275. The average Bonchev–Trinajstić information content (AvgIpc) is 2.81. The Hall–Kier alpha value is -1.59. The highest BCUT2D eigenvalue weighted by Gasteiger charge is 2.12. The molecule has 96 valence electrons. The molecule has 2 rings (SSSR count). The van der Waals surface area contributed by atoms with Gasteiger partial charge in [0.05, 0.1) is 30.1 Å². The highest BCUT2D eigenvalue weighted by atomic mass is 35.5. The van der Waals surface area contributed by atoms with Crippen molar-refractivity contribution in [3.8, 4) is 11.4 Å². The minimum atomic E-state index is -0.118. The van der Waals surface area contributed by atoms with Crippen LogP contribution in [-0.4, -0.2) is 27.2 Å². The molecule has 2 aromatic rings. The van der Waals surface area contributed by atoms with E-state index in [1.165, 1.54) is 0 Å². The summed E-state index contributed by atoms with van der Waals surface area (Å²) in [6, 6.07) is 5.38. The molecule has 0 saturated carbocycles. The van der Waals surface area contributed by atoms with E-state index in [-0.39, 0.29) is 6.61 Å². The third-order valence-corrected chi connectivity index (χ3v) is 3.00. The third-order valence-electron chi connectivity index (χ3n) is 2.71. The van der Waals surface area contributed by atoms with Gasteiger partial charge in [-0.25, -0.2) is 4.68 Å². The minimum absolute atomic E-state index is 0.118. The van der Waals surface area contributed by atoms with Crippen LogP contribution in [0.1, 0.15) is 18.3 Å². The number of ether oxygens (including phenoxy) is 1. The molecule has 1 N–H and O–H groups in total. The molecule has 0 aliphatic heterocycles. The Balaban J connectivity index is 2.48. The molecule has 0 saturated heterocycles. The highest BCUT2D eigenvalue weighted by molar-refractivity contribution is 6.32. The molecule has 0 unspecified atom stereocenters. The molecule has 0 aliphatic carbocycles. The van der Waals surface area contributed by atoms with Crippen molar-refractivity contribution < 1.29 is 9.84 Å². The first-order valence-corrected chi connectivity index (χ1v) is 5.97. The second-order valence-electron chi connectivity index (χ2n) is 3.73. The van der Waals surface area contributed by atoms with Crippen LogP contribution in [-0.2, 0) is 13.0 Å². The Morgan fingerprint density at radius 3 is 2.78 bits per heavy atom. The fourth-order valence-electron chi connectivity index (χ4n) is 1.80. The molecule has 18 heavy (non-hydrogen) atoms. The van der Waals surface area contributed by atoms with Crippen LogP contribution < -0.4 is 4.74 Å². The molecule has 0 bridgehead atoms. The van der Waals surface area contributed by atoms with Crippen molar-refractivity contribution in [2.75, 3.05) is 7.11 Å². The minimum Gasteiger partial charge on any atom is -0.495 e. The molecule has 0 fully saturated rings. The zero-order valence-electron chi connectivity index (χ0n) is 10.2. The van der Waals surface area contributed by atoms with Gasteiger partial charge in [-0.15, -0.1) is 5.10 Å². The van der Waals surface area contributed by atoms with Crippen molar-refractivity contribution in [1.29, 1.82) is 0 Å². The average molecular weight is 268 g/mol. The van der Waals surface area contributed by atoms with Crippen LogP contribution in [0, 0.1) is 0 Å². The summed E-state index contributed by atoms with van der Waals surface area (Å²) >= 11 is 6.08. The number of methoxy groups -OCH3 is 1. The van der Waals surface area contributed by atoms with Crippen LogP contribution in [0.5, 0.6) is 5.75 Å². The molecule has 0 amide bonds. The summed E-state index contributed by atoms with van der Waals surface area (Å²) < 4.78 is 6.78. The number of benzene rings is 1. The Labute approximate surface area is 110 Å². The van der Waals surface area contributed by atoms with E-state index in [4.69, 9.17) is 16.3 Å². The number of hydrogen-bond donors (Lipinski definition) is 1. The molecule has 1 aromatic carbocycles. The van der Waals surface area contributed by atoms with Crippen LogP contribution in [0.4, 0.5) is 0 Å². The van der Waals surface area contributed by atoms with Crippen molar-refractivity contribution in [2.45, 2.75) is 20.0 Å². The predicted molar refractivity (Wildman–Crippen MR) is 68.2 cm³/mol. The molecule has 0 atom stereocenters. The number of nitrogens with zero attached hydrogens (tertiary/aromatic N) is 3. The summed E-state index contributed by atoms with van der Waals surface area (Å²) in [5.74, 6) is 0.612. The second kappa shape index (κ2) is 5.37. The van der Waals surface area contributed by atoms with E-state index >= 15 is 0 Å². The van der Waals surface area contributed by atoms with E-state index in [0.29, 0.717) is 16.5 Å². The van der Waals surface area contributed by atoms with Gasteiger partial charge in [0.25, 0.3) is 0 Å². The predicted octanol–water partition coefficient (Wildman–Crippen LogP) is 1.98. The fraction of sp³-hybridized carbons (Fsp3) is 0.333. The van der Waals surface area contributed by atoms with Gasteiger partial charge in [0.15, 0.2) is 0 Å². The van der Waals surface area contributed by atoms with E-state index in [0.717, 1.165) is 17.8 Å². The van der Waals surface area contributed by atoms with Gasteiger partial charge in [-0.2, -0.15) is 0 Å². The molecular formula is C12H14ClN3O2. The molecule has 0 radical (unpaired) electrons. The normalized spacial score (nSPS) is 10.7. The van der Waals surface area contributed by atoms with Gasteiger partial charge in [0.2, 0.25) is 0 Å². The lowest BCUT2D eigenvalue weighted by Crippen LogP contribution is -2.03. The Bertz CT molecular complexity index is 554. The van der Waals surface area contributed by atoms with Crippen molar-refractivity contribution in [3.05, 3.63) is 34.6 Å². The SMILES string of the molecule is CCc1c(CO)nnn1-c1ccc(OC)c(Cl)c1. The van der Waals surface area contributed by atoms with Crippen LogP contribution in [0.15, 0.2) is 18.2 Å². The van der Waals surface area contributed by atoms with E-state index in [1.807, 2.05) is 13.0 Å². The standard InChI is InChI=1S/C12H14ClN3O2/c1-3-11-10(7-17)14-15-16(11)8-4-5-12(18-2)9(13)6-8/h4-6,17H,3,7H2,1-2H3. The number of hydrogen-bond acceptors (Lipinski definition) is 4. The lowest BCUT2D eigenvalue weighted by atomic mass is 10.2. The first-order chi connectivity index (χ1) is 8.71. The van der Waals surface area contributed by atoms with Crippen LogP contribution in [0.25, 0.3) is 5.69 Å². The van der Waals surface area contributed by atoms with Crippen molar-refractivity contribution in [3.63, 3.8) is 0 Å². The monoisotopic (exact) mass is 267 g/mol. The first-order valence-electron chi connectivity index (χ1n) is 5.59. The number of aliphatic hydroxyl groups excluding tert-OH is 1. The van der Waals surface area contributed by atoms with Crippen molar-refractivity contribution in [1.82, 2.24) is 15.0 Å². The summed E-state index contributed by atoms with van der Waals surface area (Å²) in [5.41, 5.74) is 2.26. The highest BCUT2D eigenvalue weighted by Crippen LogP contribution is 2.27. The summed E-state index contributed by atoms with van der Waals surface area (Å²) in [7, 11) is 1.57. The summed E-state index contributed by atoms with van der Waals surface area (Å²) in [5, 5.41) is 17.7. The summed E-state index contributed by atoms with van der Waals surface area (Å²) in [6.45, 7) is 1.87. The van der Waals surface area contributed by atoms with Gasteiger partial charge in [0, 0.05) is 0 Å². The van der Waals surface area contributed by atoms with Gasteiger partial charge in [-0.1, -0.05) is 23.7 Å². The zero-order valence-corrected chi connectivity index (χ0v) is 11.0. The van der Waals surface area contributed by atoms with E-state index in [1.54, 1.807) is 23.9 Å². The second-order valence-corrected chi connectivity index (χ2v) is 4.13. The maximum Gasteiger partial charge on any atom is 0.137 e. The topological polar surface area (TPSA) is 60.2 Å². The largest absolute Gasteiger partial charge is 0.495 e. The molecule has 1 heterocycles. The zero-order chi connectivity index (χ0) is 13.1. The quantitative estimate of drug-likeness (QED) is 0.920. The smallest absolute Gasteiger partial charge is 0.137 e. The molecule has 0 aliphatic rings. The fourth-order valence-corrected chi connectivity index (χ4v) is 2.06. The summed E-state index contributed by atoms with van der Waals surface area (Å²) in [4.78, 5) is 0. The van der Waals surface area contributed by atoms with Crippen LogP contribution >= 0.6 is 11.6 Å². The van der Waals surface area contributed by atoms with Crippen LogP contribution in [0.3, 0.4) is 0 Å². The molecular weight excluding hydrogens is 254 g/mol. The van der Waals surface area contributed by atoms with E-state index < -0.39 is 0 Å². The van der Waals surface area contributed by atoms with Gasteiger partial charge in [-0.05, 0) is 24.6 Å². The molecule has 5 nitrogen and oxygen atoms in total. The molecule has 0 spiro atoms. The Kier molecular flexibility index (Phi) is 3.84.